The van der Waals surface area contributed by atoms with E-state index >= 15 is 0 Å². The van der Waals surface area contributed by atoms with Crippen LogP contribution in [-0.4, -0.2) is 29.8 Å². The molecule has 3 N–H and O–H groups in total. The van der Waals surface area contributed by atoms with Crippen molar-refractivity contribution in [3.63, 3.8) is 0 Å². The van der Waals surface area contributed by atoms with E-state index in [0.717, 1.165) is 24.7 Å². The summed E-state index contributed by atoms with van der Waals surface area (Å²) in [5.41, 5.74) is 0. The van der Waals surface area contributed by atoms with Gasteiger partial charge in [-0.15, -0.1) is 0 Å². The normalized spacial score (nSPS) is 29.6. The summed E-state index contributed by atoms with van der Waals surface area (Å²) < 4.78 is 0. The Kier molecular flexibility index (Phi) is 5.70. The van der Waals surface area contributed by atoms with Crippen LogP contribution in [0.5, 0.6) is 0 Å². The van der Waals surface area contributed by atoms with Crippen LogP contribution in [0.2, 0.25) is 0 Å². The zero-order valence-corrected chi connectivity index (χ0v) is 12.9. The van der Waals surface area contributed by atoms with Crippen molar-refractivity contribution in [1.29, 1.82) is 0 Å². The largest absolute Gasteiger partial charge is 0.393 e. The highest BCUT2D eigenvalue weighted by atomic mass is 16.3. The molecule has 2 rings (SSSR count). The maximum Gasteiger partial charge on any atom is 0.315 e. The number of rotatable bonds is 6. The second kappa shape index (κ2) is 7.30. The molecule has 0 aliphatic heterocycles. The molecular formula is C16H30N2O2. The molecule has 0 heterocycles. The molecule has 2 aliphatic carbocycles. The number of urea groups is 1. The molecule has 4 unspecified atom stereocenters. The molecule has 4 atom stereocenters. The fourth-order valence-corrected chi connectivity index (χ4v) is 3.52. The van der Waals surface area contributed by atoms with Crippen LogP contribution >= 0.6 is 0 Å². The Morgan fingerprint density at radius 2 is 1.95 bits per heavy atom. The minimum Gasteiger partial charge on any atom is -0.393 e. The number of hydrogen-bond acceptors (Lipinski definition) is 2. The molecule has 2 fully saturated rings. The molecule has 0 saturated heterocycles. The monoisotopic (exact) mass is 282 g/mol. The van der Waals surface area contributed by atoms with Crippen molar-refractivity contribution in [2.75, 3.05) is 6.54 Å². The van der Waals surface area contributed by atoms with Gasteiger partial charge in [0.1, 0.15) is 0 Å². The Bertz CT molecular complexity index is 316. The molecule has 2 saturated carbocycles. The summed E-state index contributed by atoms with van der Waals surface area (Å²) in [4.78, 5) is 11.9. The third-order valence-corrected chi connectivity index (χ3v) is 4.69. The summed E-state index contributed by atoms with van der Waals surface area (Å²) in [6.45, 7) is 4.48. The van der Waals surface area contributed by atoms with Crippen molar-refractivity contribution in [1.82, 2.24) is 10.6 Å². The minimum absolute atomic E-state index is 0.0381. The zero-order chi connectivity index (χ0) is 14.5. The SMILES string of the molecule is CC(O)CC(C)CNC(=O)NC1CCCC(C2CC2)C1. The molecule has 2 amide bonds. The molecule has 2 aliphatic rings. The van der Waals surface area contributed by atoms with Crippen molar-refractivity contribution < 1.29 is 9.90 Å². The molecule has 0 bridgehead atoms. The lowest BCUT2D eigenvalue weighted by atomic mass is 9.83. The fraction of sp³-hybridized carbons (Fsp3) is 0.938. The molecule has 116 valence electrons. The number of aliphatic hydroxyl groups is 1. The molecular weight excluding hydrogens is 252 g/mol. The Balaban J connectivity index is 1.63. The van der Waals surface area contributed by atoms with E-state index in [1.807, 2.05) is 0 Å². The smallest absolute Gasteiger partial charge is 0.315 e. The minimum atomic E-state index is -0.299. The van der Waals surface area contributed by atoms with Gasteiger partial charge in [-0.2, -0.15) is 0 Å². The first-order valence-corrected chi connectivity index (χ1v) is 8.27. The average Bonchev–Trinajstić information content (AvgIpc) is 3.20. The standard InChI is InChI=1S/C16H30N2O2/c1-11(8-12(2)19)10-17-16(20)18-15-5-3-4-14(9-15)13-6-7-13/h11-15,19H,3-10H2,1-2H3,(H2,17,18,20). The lowest BCUT2D eigenvalue weighted by Gasteiger charge is -2.30. The number of amides is 2. The lowest BCUT2D eigenvalue weighted by molar-refractivity contribution is 0.162. The van der Waals surface area contributed by atoms with Crippen LogP contribution in [0.4, 0.5) is 4.79 Å². The van der Waals surface area contributed by atoms with E-state index in [1.165, 1.54) is 32.1 Å². The van der Waals surface area contributed by atoms with Crippen molar-refractivity contribution in [3.8, 4) is 0 Å². The summed E-state index contributed by atoms with van der Waals surface area (Å²) in [6, 6.07) is 0.324. The number of hydrogen-bond donors (Lipinski definition) is 3. The highest BCUT2D eigenvalue weighted by Gasteiger charge is 2.34. The van der Waals surface area contributed by atoms with E-state index in [4.69, 9.17) is 0 Å². The summed E-state index contributed by atoms with van der Waals surface area (Å²) in [5.74, 6) is 2.11. The van der Waals surface area contributed by atoms with E-state index in [0.29, 0.717) is 18.5 Å². The lowest BCUT2D eigenvalue weighted by Crippen LogP contribution is -2.45. The van der Waals surface area contributed by atoms with Gasteiger partial charge in [-0.1, -0.05) is 19.8 Å². The first-order valence-electron chi connectivity index (χ1n) is 8.27. The maximum absolute atomic E-state index is 11.9. The highest BCUT2D eigenvalue weighted by molar-refractivity contribution is 5.74. The van der Waals surface area contributed by atoms with Crippen LogP contribution in [0.15, 0.2) is 0 Å². The highest BCUT2D eigenvalue weighted by Crippen LogP contribution is 2.43. The Morgan fingerprint density at radius 1 is 1.20 bits per heavy atom. The van der Waals surface area contributed by atoms with E-state index < -0.39 is 0 Å². The van der Waals surface area contributed by atoms with E-state index in [-0.39, 0.29) is 12.1 Å². The van der Waals surface area contributed by atoms with Crippen LogP contribution in [0.1, 0.15) is 58.8 Å². The summed E-state index contributed by atoms with van der Waals surface area (Å²) in [5, 5.41) is 15.4. The van der Waals surface area contributed by atoms with Crippen LogP contribution in [-0.2, 0) is 0 Å². The van der Waals surface area contributed by atoms with Gasteiger partial charge < -0.3 is 15.7 Å². The van der Waals surface area contributed by atoms with Gasteiger partial charge in [0.25, 0.3) is 0 Å². The predicted octanol–water partition coefficient (Wildman–Crippen LogP) is 2.66. The van der Waals surface area contributed by atoms with Gasteiger partial charge >= 0.3 is 6.03 Å². The molecule has 0 aromatic heterocycles. The molecule has 0 radical (unpaired) electrons. The summed E-state index contributed by atoms with van der Waals surface area (Å²) in [7, 11) is 0. The van der Waals surface area contributed by atoms with Gasteiger partial charge in [-0.25, -0.2) is 4.79 Å². The Labute approximate surface area is 122 Å². The first kappa shape index (κ1) is 15.6. The molecule has 4 nitrogen and oxygen atoms in total. The number of carbonyl (C=O) groups is 1. The van der Waals surface area contributed by atoms with Gasteiger partial charge in [-0.05, 0) is 56.8 Å². The Morgan fingerprint density at radius 3 is 2.60 bits per heavy atom. The first-order chi connectivity index (χ1) is 9.54. The second-order valence-electron chi connectivity index (χ2n) is 7.01. The van der Waals surface area contributed by atoms with Crippen molar-refractivity contribution in [2.24, 2.45) is 17.8 Å². The molecule has 20 heavy (non-hydrogen) atoms. The number of nitrogens with one attached hydrogen (secondary N) is 2. The van der Waals surface area contributed by atoms with Crippen LogP contribution in [0.3, 0.4) is 0 Å². The van der Waals surface area contributed by atoms with Gasteiger partial charge in [0.15, 0.2) is 0 Å². The second-order valence-corrected chi connectivity index (χ2v) is 7.01. The number of carbonyl (C=O) groups excluding carboxylic acids is 1. The molecule has 0 aromatic carbocycles. The van der Waals surface area contributed by atoms with E-state index in [2.05, 4.69) is 17.6 Å². The third-order valence-electron chi connectivity index (χ3n) is 4.69. The van der Waals surface area contributed by atoms with Crippen LogP contribution in [0, 0.1) is 17.8 Å². The third kappa shape index (κ3) is 5.31. The van der Waals surface area contributed by atoms with Gasteiger partial charge in [0.2, 0.25) is 0 Å². The molecule has 0 aromatic rings. The van der Waals surface area contributed by atoms with E-state index in [9.17, 15) is 9.90 Å². The molecule has 4 heteroatoms. The average molecular weight is 282 g/mol. The maximum atomic E-state index is 11.9. The fourth-order valence-electron chi connectivity index (χ4n) is 3.52. The van der Waals surface area contributed by atoms with Crippen molar-refractivity contribution >= 4 is 6.03 Å². The zero-order valence-electron chi connectivity index (χ0n) is 12.9. The van der Waals surface area contributed by atoms with Crippen LogP contribution < -0.4 is 10.6 Å². The summed E-state index contributed by atoms with van der Waals surface area (Å²) >= 11 is 0. The topological polar surface area (TPSA) is 61.4 Å². The van der Waals surface area contributed by atoms with Crippen molar-refractivity contribution in [3.05, 3.63) is 0 Å². The summed E-state index contributed by atoms with van der Waals surface area (Å²) in [6.07, 6.45) is 8.14. The quantitative estimate of drug-likeness (QED) is 0.701. The van der Waals surface area contributed by atoms with Crippen LogP contribution in [0.25, 0.3) is 0 Å². The van der Waals surface area contributed by atoms with Gasteiger partial charge in [0.05, 0.1) is 6.10 Å². The van der Waals surface area contributed by atoms with E-state index in [1.54, 1.807) is 6.92 Å². The van der Waals surface area contributed by atoms with Gasteiger partial charge in [-0.3, -0.25) is 0 Å². The van der Waals surface area contributed by atoms with Gasteiger partial charge in [0, 0.05) is 12.6 Å². The van der Waals surface area contributed by atoms with Crippen molar-refractivity contribution in [2.45, 2.75) is 70.9 Å². The Hall–Kier alpha value is -0.770. The number of aliphatic hydroxyl groups excluding tert-OH is 1. The molecule has 0 spiro atoms. The predicted molar refractivity (Wildman–Crippen MR) is 80.5 cm³/mol.